The molecule has 1 aromatic carbocycles. The Hall–Kier alpha value is -5.83. The minimum Gasteiger partial charge on any atom is -0.481 e. The molecule has 2 aromatic heterocycles. The van der Waals surface area contributed by atoms with Gasteiger partial charge in [0.1, 0.15) is 18.1 Å². The molecule has 268 valence electrons. The molecule has 0 radical (unpaired) electrons. The molecule has 0 spiro atoms. The number of nitrogen functional groups attached to an aromatic ring is 1. The number of carboxylic acid groups (broad SMARTS) is 2. The molecule has 4 amide bonds. The van der Waals surface area contributed by atoms with Crippen LogP contribution in [0, 0.1) is 0 Å². The first kappa shape index (κ1) is 38.6. The molecule has 3 rings (SSSR count). The lowest BCUT2D eigenvalue weighted by atomic mass is 10.1. The van der Waals surface area contributed by atoms with Gasteiger partial charge in [0, 0.05) is 36.0 Å². The fourth-order valence-electron chi connectivity index (χ4n) is 4.24. The molecule has 20 nitrogen and oxygen atoms in total. The first-order valence-electron chi connectivity index (χ1n) is 15.0. The van der Waals surface area contributed by atoms with E-state index in [-0.39, 0.29) is 54.7 Å². The van der Waals surface area contributed by atoms with E-state index in [0.29, 0.717) is 16.9 Å². The van der Waals surface area contributed by atoms with Gasteiger partial charge in [-0.2, -0.15) is 17.6 Å². The van der Waals surface area contributed by atoms with E-state index in [1.54, 1.807) is 31.2 Å². The van der Waals surface area contributed by atoms with Gasteiger partial charge in [0.25, 0.3) is 11.5 Å². The third-order valence-corrected chi connectivity index (χ3v) is 7.32. The SMILES string of the molecule is CC(CCC(=O)NCC(N)C(=O)NC(CC(=O)O)C(=O)NC(CS)C(=O)O)NC(=O)c1ccc(NCc2cnc3nc(N)[nH]c(=O)c3n2)cc1. The van der Waals surface area contributed by atoms with Crippen LogP contribution in [0.1, 0.15) is 42.2 Å². The maximum Gasteiger partial charge on any atom is 0.327 e. The zero-order valence-electron chi connectivity index (χ0n) is 26.6. The third kappa shape index (κ3) is 11.7. The van der Waals surface area contributed by atoms with Gasteiger partial charge in [0.15, 0.2) is 11.2 Å². The van der Waals surface area contributed by atoms with Crippen molar-refractivity contribution in [1.29, 1.82) is 0 Å². The molecule has 0 aliphatic heterocycles. The van der Waals surface area contributed by atoms with E-state index >= 15 is 0 Å². The predicted molar refractivity (Wildman–Crippen MR) is 181 cm³/mol. The van der Waals surface area contributed by atoms with Crippen molar-refractivity contribution in [2.45, 2.75) is 56.9 Å². The number of aromatic nitrogens is 4. The number of anilines is 2. The Morgan fingerprint density at radius 3 is 2.30 bits per heavy atom. The molecule has 0 fully saturated rings. The van der Waals surface area contributed by atoms with Crippen LogP contribution in [-0.2, 0) is 30.5 Å². The van der Waals surface area contributed by atoms with Gasteiger partial charge in [-0.05, 0) is 37.6 Å². The zero-order valence-corrected chi connectivity index (χ0v) is 27.5. The Balaban J connectivity index is 1.41. The molecule has 0 aliphatic carbocycles. The first-order valence-corrected chi connectivity index (χ1v) is 15.6. The number of nitrogens with zero attached hydrogens (tertiary/aromatic N) is 3. The van der Waals surface area contributed by atoms with Crippen molar-refractivity contribution in [3.05, 3.63) is 52.1 Å². The van der Waals surface area contributed by atoms with Gasteiger partial charge < -0.3 is 48.3 Å². The largest absolute Gasteiger partial charge is 0.481 e. The second kappa shape index (κ2) is 18.1. The summed E-state index contributed by atoms with van der Waals surface area (Å²) < 4.78 is 0. The van der Waals surface area contributed by atoms with Gasteiger partial charge in [-0.15, -0.1) is 0 Å². The Kier molecular flexibility index (Phi) is 14.0. The summed E-state index contributed by atoms with van der Waals surface area (Å²) in [7, 11) is 0. The number of amides is 4. The van der Waals surface area contributed by atoms with Crippen LogP contribution >= 0.6 is 12.6 Å². The standard InChI is InChI=1S/C29H37N11O9S/c1-13(2-7-20(41)33-11-17(30)25(45)37-18(8-21(42)43)26(46)38-19(12-50)28(48)49)35-24(44)14-3-5-15(6-4-14)32-9-16-10-34-23-22(36-16)27(47)40-29(31)39-23/h3-6,10,13,17-19,32,50H,2,7-9,11-12,30H2,1H3,(H,33,41)(H,35,44)(H,37,45)(H,38,46)(H,42,43)(H,48,49)(H3,31,34,39,40,47). The molecule has 4 atom stereocenters. The smallest absolute Gasteiger partial charge is 0.327 e. The maximum absolute atomic E-state index is 12.7. The molecule has 3 aromatic rings. The summed E-state index contributed by atoms with van der Waals surface area (Å²) in [6.45, 7) is 1.59. The number of carboxylic acids is 2. The summed E-state index contributed by atoms with van der Waals surface area (Å²) in [4.78, 5) is 99.0. The fourth-order valence-corrected chi connectivity index (χ4v) is 4.49. The maximum atomic E-state index is 12.7. The number of rotatable bonds is 18. The minimum atomic E-state index is -1.63. The highest BCUT2D eigenvalue weighted by Crippen LogP contribution is 2.12. The van der Waals surface area contributed by atoms with Crippen molar-refractivity contribution in [1.82, 2.24) is 41.2 Å². The highest BCUT2D eigenvalue weighted by Gasteiger charge is 2.29. The van der Waals surface area contributed by atoms with Crippen LogP contribution in [0.15, 0.2) is 35.3 Å². The Morgan fingerprint density at radius 1 is 0.980 bits per heavy atom. The third-order valence-electron chi connectivity index (χ3n) is 6.95. The average molecular weight is 716 g/mol. The van der Waals surface area contributed by atoms with Crippen LogP contribution in [0.25, 0.3) is 11.2 Å². The van der Waals surface area contributed by atoms with Crippen molar-refractivity contribution < 1.29 is 39.0 Å². The summed E-state index contributed by atoms with van der Waals surface area (Å²) in [5, 5.41) is 30.8. The lowest BCUT2D eigenvalue weighted by Crippen LogP contribution is -2.57. The summed E-state index contributed by atoms with van der Waals surface area (Å²) in [6.07, 6.45) is 0.828. The monoisotopic (exact) mass is 715 g/mol. The van der Waals surface area contributed by atoms with E-state index in [0.717, 1.165) is 0 Å². The minimum absolute atomic E-state index is 0.0318. The normalized spacial score (nSPS) is 13.3. The fraction of sp³-hybridized carbons (Fsp3) is 0.379. The van der Waals surface area contributed by atoms with Crippen molar-refractivity contribution >= 4 is 71.0 Å². The molecule has 0 aliphatic rings. The van der Waals surface area contributed by atoms with Crippen LogP contribution in [0.5, 0.6) is 0 Å². The number of hydrogen-bond donors (Lipinski definition) is 11. The van der Waals surface area contributed by atoms with Gasteiger partial charge in [-0.3, -0.25) is 33.8 Å². The summed E-state index contributed by atoms with van der Waals surface area (Å²) in [6, 6.07) is 1.75. The number of aliphatic carboxylic acids is 2. The van der Waals surface area contributed by atoms with Gasteiger partial charge in [0.05, 0.1) is 24.9 Å². The van der Waals surface area contributed by atoms with Crippen LogP contribution in [-0.4, -0.2) is 102 Å². The summed E-state index contributed by atoms with van der Waals surface area (Å²) in [5.74, 6) is -6.04. The number of hydrogen-bond acceptors (Lipinski definition) is 14. The number of H-pyrrole nitrogens is 1. The van der Waals surface area contributed by atoms with Crippen LogP contribution in [0.4, 0.5) is 11.6 Å². The second-order valence-corrected chi connectivity index (χ2v) is 11.3. The Morgan fingerprint density at radius 2 is 1.66 bits per heavy atom. The first-order chi connectivity index (χ1) is 23.7. The average Bonchev–Trinajstić information content (AvgIpc) is 3.07. The number of nitrogens with one attached hydrogen (secondary N) is 6. The van der Waals surface area contributed by atoms with Gasteiger partial charge in [0.2, 0.25) is 23.7 Å². The molecule has 0 saturated heterocycles. The number of benzene rings is 1. The number of carbonyl (C=O) groups excluding carboxylic acids is 4. The topological polar surface area (TPSA) is 327 Å². The number of carbonyl (C=O) groups is 6. The number of aromatic amines is 1. The van der Waals surface area contributed by atoms with Gasteiger partial charge in [-0.25, -0.2) is 14.8 Å². The van der Waals surface area contributed by atoms with E-state index in [9.17, 15) is 33.6 Å². The highest BCUT2D eigenvalue weighted by atomic mass is 32.1. The second-order valence-electron chi connectivity index (χ2n) is 11.0. The molecule has 2 heterocycles. The molecule has 4 unspecified atom stereocenters. The van der Waals surface area contributed by atoms with Gasteiger partial charge >= 0.3 is 11.9 Å². The van der Waals surface area contributed by atoms with Crippen molar-refractivity contribution in [2.24, 2.45) is 5.73 Å². The predicted octanol–water partition coefficient (Wildman–Crippen LogP) is -2.29. The quantitative estimate of drug-likeness (QED) is 0.0618. The summed E-state index contributed by atoms with van der Waals surface area (Å²) >= 11 is 3.81. The highest BCUT2D eigenvalue weighted by molar-refractivity contribution is 7.80. The molecule has 50 heavy (non-hydrogen) atoms. The van der Waals surface area contributed by atoms with E-state index in [4.69, 9.17) is 21.7 Å². The molecular formula is C29H37N11O9S. The number of fused-ring (bicyclic) bond motifs is 1. The van der Waals surface area contributed by atoms with E-state index in [1.165, 1.54) is 6.20 Å². The molecular weight excluding hydrogens is 678 g/mol. The molecule has 0 bridgehead atoms. The number of thiol groups is 1. The number of nitrogens with two attached hydrogens (primary N) is 2. The lowest BCUT2D eigenvalue weighted by Gasteiger charge is -2.21. The Labute approximate surface area is 289 Å². The van der Waals surface area contributed by atoms with Gasteiger partial charge in [-0.1, -0.05) is 0 Å². The lowest BCUT2D eigenvalue weighted by molar-refractivity contribution is -0.143. The van der Waals surface area contributed by atoms with E-state index in [2.05, 4.69) is 59.1 Å². The van der Waals surface area contributed by atoms with E-state index in [1.807, 2.05) is 0 Å². The van der Waals surface area contributed by atoms with Crippen molar-refractivity contribution in [3.8, 4) is 0 Å². The van der Waals surface area contributed by atoms with Crippen LogP contribution in [0.3, 0.4) is 0 Å². The van der Waals surface area contributed by atoms with Crippen LogP contribution < -0.4 is 43.6 Å². The summed E-state index contributed by atoms with van der Waals surface area (Å²) in [5.41, 5.74) is 12.5. The molecule has 12 N–H and O–H groups in total. The Bertz CT molecular complexity index is 1790. The van der Waals surface area contributed by atoms with Crippen molar-refractivity contribution in [2.75, 3.05) is 23.3 Å². The molecule has 0 saturated carbocycles. The molecule has 21 heteroatoms. The zero-order chi connectivity index (χ0) is 37.0. The van der Waals surface area contributed by atoms with E-state index < -0.39 is 65.8 Å². The van der Waals surface area contributed by atoms with Crippen molar-refractivity contribution in [3.63, 3.8) is 0 Å². The van der Waals surface area contributed by atoms with Crippen LogP contribution in [0.2, 0.25) is 0 Å².